The van der Waals surface area contributed by atoms with Crippen LogP contribution >= 0.6 is 0 Å². The van der Waals surface area contributed by atoms with E-state index in [2.05, 4.69) is 35.0 Å². The van der Waals surface area contributed by atoms with Crippen LogP contribution in [0.15, 0.2) is 84.9 Å². The van der Waals surface area contributed by atoms with Gasteiger partial charge in [-0.05, 0) is 85.0 Å². The van der Waals surface area contributed by atoms with E-state index < -0.39 is 18.5 Å². The number of anilines is 1. The summed E-state index contributed by atoms with van der Waals surface area (Å²) in [5.74, 6) is 0.339. The zero-order valence-corrected chi connectivity index (χ0v) is 25.9. The SMILES string of the molecule is CCn1c2ccccc2c2cc(NC(=O)COC(=O)c3c4c(nc5ccccc35)/C(=C\c3ccc(OC)c(OC)c3)CC4)ccc21. The molecule has 2 aromatic heterocycles. The quantitative estimate of drug-likeness (QED) is 0.178. The van der Waals surface area contributed by atoms with E-state index in [1.807, 2.05) is 72.8 Å². The number of methoxy groups -OCH3 is 2. The van der Waals surface area contributed by atoms with Crippen LogP contribution in [0.25, 0.3) is 44.4 Å². The molecule has 4 aromatic carbocycles. The Hall–Kier alpha value is -5.63. The number of hydrogen-bond donors (Lipinski definition) is 1. The molecule has 1 N–H and O–H groups in total. The second-order valence-corrected chi connectivity index (χ2v) is 11.2. The Morgan fingerprint density at radius 3 is 2.41 bits per heavy atom. The molecule has 1 aliphatic rings. The number of fused-ring (bicyclic) bond motifs is 5. The molecule has 0 aliphatic heterocycles. The highest BCUT2D eigenvalue weighted by Gasteiger charge is 2.28. The van der Waals surface area contributed by atoms with Crippen molar-refractivity contribution in [3.05, 3.63) is 107 Å². The van der Waals surface area contributed by atoms with E-state index in [9.17, 15) is 9.59 Å². The summed E-state index contributed by atoms with van der Waals surface area (Å²) in [5, 5.41) is 5.80. The molecule has 46 heavy (non-hydrogen) atoms. The van der Waals surface area contributed by atoms with Crippen molar-refractivity contribution < 1.29 is 23.8 Å². The predicted octanol–water partition coefficient (Wildman–Crippen LogP) is 7.66. The topological polar surface area (TPSA) is 91.7 Å². The summed E-state index contributed by atoms with van der Waals surface area (Å²) in [6.07, 6.45) is 3.41. The number of para-hydroxylation sites is 2. The molecule has 8 nitrogen and oxygen atoms in total. The Morgan fingerprint density at radius 2 is 1.61 bits per heavy atom. The first-order chi connectivity index (χ1) is 22.5. The van der Waals surface area contributed by atoms with Crippen LogP contribution < -0.4 is 14.8 Å². The van der Waals surface area contributed by atoms with E-state index in [0.29, 0.717) is 46.5 Å². The molecule has 0 spiro atoms. The molecular formula is C38H33N3O5. The second kappa shape index (κ2) is 12.0. The summed E-state index contributed by atoms with van der Waals surface area (Å²) < 4.78 is 18.8. The van der Waals surface area contributed by atoms with Gasteiger partial charge in [-0.3, -0.25) is 4.79 Å². The first kappa shape index (κ1) is 29.1. The average Bonchev–Trinajstić information content (AvgIpc) is 3.63. The van der Waals surface area contributed by atoms with Crippen LogP contribution in [0.5, 0.6) is 11.5 Å². The van der Waals surface area contributed by atoms with Crippen molar-refractivity contribution >= 4 is 61.9 Å². The smallest absolute Gasteiger partial charge is 0.339 e. The van der Waals surface area contributed by atoms with E-state index in [1.54, 1.807) is 14.2 Å². The van der Waals surface area contributed by atoms with Gasteiger partial charge in [-0.25, -0.2) is 9.78 Å². The summed E-state index contributed by atoms with van der Waals surface area (Å²) in [7, 11) is 3.21. The molecule has 7 rings (SSSR count). The number of aryl methyl sites for hydroxylation is 1. The fourth-order valence-corrected chi connectivity index (χ4v) is 6.53. The van der Waals surface area contributed by atoms with Crippen molar-refractivity contribution in [2.75, 3.05) is 26.1 Å². The molecule has 0 radical (unpaired) electrons. The number of aromatic nitrogens is 2. The van der Waals surface area contributed by atoms with Gasteiger partial charge in [0.1, 0.15) is 0 Å². The molecule has 230 valence electrons. The van der Waals surface area contributed by atoms with Gasteiger partial charge in [-0.15, -0.1) is 0 Å². The van der Waals surface area contributed by atoms with Crippen molar-refractivity contribution in [2.45, 2.75) is 26.3 Å². The second-order valence-electron chi connectivity index (χ2n) is 11.2. The number of ether oxygens (including phenoxy) is 3. The highest BCUT2D eigenvalue weighted by atomic mass is 16.5. The third kappa shape index (κ3) is 5.11. The van der Waals surface area contributed by atoms with Crippen LogP contribution in [0.4, 0.5) is 5.69 Å². The normalized spacial score (nSPS) is 13.3. The number of benzene rings is 4. The Bertz CT molecular complexity index is 2200. The number of allylic oxidation sites excluding steroid dienone is 1. The summed E-state index contributed by atoms with van der Waals surface area (Å²) in [5.41, 5.74) is 7.59. The van der Waals surface area contributed by atoms with E-state index in [1.165, 1.54) is 0 Å². The summed E-state index contributed by atoms with van der Waals surface area (Å²) in [4.78, 5) is 31.6. The molecule has 8 heteroatoms. The van der Waals surface area contributed by atoms with Crippen LogP contribution in [-0.4, -0.2) is 42.3 Å². The minimum absolute atomic E-state index is 0.407. The van der Waals surface area contributed by atoms with Gasteiger partial charge in [0.25, 0.3) is 5.91 Å². The molecule has 2 heterocycles. The van der Waals surface area contributed by atoms with Crippen LogP contribution in [-0.2, 0) is 22.5 Å². The molecule has 0 fully saturated rings. The summed E-state index contributed by atoms with van der Waals surface area (Å²) in [6, 6.07) is 27.4. The zero-order valence-electron chi connectivity index (χ0n) is 25.9. The first-order valence-electron chi connectivity index (χ1n) is 15.3. The van der Waals surface area contributed by atoms with E-state index in [4.69, 9.17) is 19.2 Å². The number of esters is 1. The van der Waals surface area contributed by atoms with Gasteiger partial charge in [0, 0.05) is 39.4 Å². The first-order valence-corrected chi connectivity index (χ1v) is 15.3. The third-order valence-electron chi connectivity index (χ3n) is 8.60. The number of pyridine rings is 1. The van der Waals surface area contributed by atoms with Gasteiger partial charge in [-0.2, -0.15) is 0 Å². The summed E-state index contributed by atoms with van der Waals surface area (Å²) >= 11 is 0. The maximum atomic E-state index is 13.7. The minimum atomic E-state index is -0.543. The van der Waals surface area contributed by atoms with Crippen molar-refractivity contribution in [1.82, 2.24) is 9.55 Å². The Labute approximate surface area is 266 Å². The minimum Gasteiger partial charge on any atom is -0.493 e. The number of carbonyl (C=O) groups excluding carboxylic acids is 2. The van der Waals surface area contributed by atoms with E-state index in [0.717, 1.165) is 50.7 Å². The van der Waals surface area contributed by atoms with Gasteiger partial charge >= 0.3 is 5.97 Å². The third-order valence-corrected chi connectivity index (χ3v) is 8.60. The largest absolute Gasteiger partial charge is 0.493 e. The van der Waals surface area contributed by atoms with Crippen molar-refractivity contribution in [3.63, 3.8) is 0 Å². The average molecular weight is 612 g/mol. The molecule has 0 unspecified atom stereocenters. The lowest BCUT2D eigenvalue weighted by atomic mass is 10.0. The Kier molecular flexibility index (Phi) is 7.62. The van der Waals surface area contributed by atoms with Crippen molar-refractivity contribution in [2.24, 2.45) is 0 Å². The molecule has 0 atom stereocenters. The summed E-state index contributed by atoms with van der Waals surface area (Å²) in [6.45, 7) is 2.55. The number of carbonyl (C=O) groups is 2. The van der Waals surface area contributed by atoms with Gasteiger partial charge in [0.15, 0.2) is 18.1 Å². The van der Waals surface area contributed by atoms with Crippen molar-refractivity contribution in [1.29, 1.82) is 0 Å². The molecule has 6 aromatic rings. The van der Waals surface area contributed by atoms with E-state index >= 15 is 0 Å². The van der Waals surface area contributed by atoms with Gasteiger partial charge in [0.05, 0.1) is 31.0 Å². The number of nitrogens with one attached hydrogen (secondary N) is 1. The number of nitrogens with zero attached hydrogens (tertiary/aromatic N) is 2. The standard InChI is InChI=1S/C38H33N3O5/c1-4-41-31-12-8-6-9-26(31)29-21-25(15-17-32(29)41)39-35(42)22-46-38(43)36-27-10-5-7-11-30(27)40-37-24(14-16-28(36)37)19-23-13-18-33(44-2)34(20-23)45-3/h5-13,15,17-21H,4,14,16,22H2,1-3H3,(H,39,42)/b24-19-. The van der Waals surface area contributed by atoms with E-state index in [-0.39, 0.29) is 0 Å². The van der Waals surface area contributed by atoms with Crippen LogP contribution in [0.1, 0.15) is 40.5 Å². The molecule has 1 amide bonds. The fourth-order valence-electron chi connectivity index (χ4n) is 6.53. The van der Waals surface area contributed by atoms with Crippen LogP contribution in [0.2, 0.25) is 0 Å². The highest BCUT2D eigenvalue weighted by molar-refractivity contribution is 6.10. The molecule has 1 aliphatic carbocycles. The highest BCUT2D eigenvalue weighted by Crippen LogP contribution is 2.39. The maximum absolute atomic E-state index is 13.7. The lowest BCUT2D eigenvalue weighted by molar-refractivity contribution is -0.119. The number of rotatable bonds is 8. The zero-order chi connectivity index (χ0) is 31.8. The van der Waals surface area contributed by atoms with Crippen molar-refractivity contribution in [3.8, 4) is 11.5 Å². The number of hydrogen-bond acceptors (Lipinski definition) is 6. The lowest BCUT2D eigenvalue weighted by Crippen LogP contribution is -2.21. The molecular weight excluding hydrogens is 578 g/mol. The van der Waals surface area contributed by atoms with Crippen LogP contribution in [0, 0.1) is 0 Å². The Balaban J connectivity index is 1.14. The Morgan fingerprint density at radius 1 is 0.848 bits per heavy atom. The van der Waals surface area contributed by atoms with Crippen LogP contribution in [0.3, 0.4) is 0 Å². The van der Waals surface area contributed by atoms with Gasteiger partial charge < -0.3 is 24.1 Å². The number of amides is 1. The molecule has 0 bridgehead atoms. The molecule has 0 saturated heterocycles. The maximum Gasteiger partial charge on any atom is 0.339 e. The lowest BCUT2D eigenvalue weighted by Gasteiger charge is -2.13. The fraction of sp³-hybridized carbons (Fsp3) is 0.184. The van der Waals surface area contributed by atoms with Gasteiger partial charge in [0.2, 0.25) is 0 Å². The van der Waals surface area contributed by atoms with Gasteiger partial charge in [-0.1, -0.05) is 42.5 Å². The monoisotopic (exact) mass is 611 g/mol. The predicted molar refractivity (Wildman–Crippen MR) is 182 cm³/mol. The molecule has 0 saturated carbocycles.